The van der Waals surface area contributed by atoms with Crippen LogP contribution < -0.4 is 5.32 Å². The van der Waals surface area contributed by atoms with E-state index >= 15 is 0 Å². The summed E-state index contributed by atoms with van der Waals surface area (Å²) in [5.74, 6) is -0.530. The van der Waals surface area contributed by atoms with Crippen LogP contribution in [-0.4, -0.2) is 23.0 Å². The number of carbonyl (C=O) groups excluding carboxylic acids is 3. The lowest BCUT2D eigenvalue weighted by atomic mass is 9.91. The molecular weight excluding hydrogens is 182 g/mol. The second-order valence-electron chi connectivity index (χ2n) is 3.67. The number of rotatable bonds is 5. The van der Waals surface area contributed by atoms with Crippen molar-refractivity contribution in [1.29, 1.82) is 0 Å². The molecule has 1 atom stereocenters. The SMILES string of the molecule is CCC(=O)N[C@@](C)(CC(C)=O)C(C)=O. The predicted octanol–water partition coefficient (Wildman–Crippen LogP) is 0.839. The Kier molecular flexibility index (Phi) is 4.47. The highest BCUT2D eigenvalue weighted by Crippen LogP contribution is 2.12. The summed E-state index contributed by atoms with van der Waals surface area (Å²) >= 11 is 0. The summed E-state index contributed by atoms with van der Waals surface area (Å²) < 4.78 is 0. The molecule has 0 spiro atoms. The van der Waals surface area contributed by atoms with Crippen molar-refractivity contribution >= 4 is 17.5 Å². The van der Waals surface area contributed by atoms with Gasteiger partial charge in [-0.25, -0.2) is 0 Å². The molecule has 0 bridgehead atoms. The van der Waals surface area contributed by atoms with Gasteiger partial charge in [0, 0.05) is 12.8 Å². The van der Waals surface area contributed by atoms with Gasteiger partial charge in [0.05, 0.1) is 0 Å². The van der Waals surface area contributed by atoms with Crippen LogP contribution in [0.1, 0.15) is 40.5 Å². The Hall–Kier alpha value is -1.19. The van der Waals surface area contributed by atoms with Crippen LogP contribution in [0.25, 0.3) is 0 Å². The molecule has 0 aromatic heterocycles. The third-order valence-electron chi connectivity index (χ3n) is 2.12. The van der Waals surface area contributed by atoms with Crippen molar-refractivity contribution in [3.8, 4) is 0 Å². The lowest BCUT2D eigenvalue weighted by Gasteiger charge is -2.26. The molecule has 0 aliphatic carbocycles. The van der Waals surface area contributed by atoms with Gasteiger partial charge in [-0.15, -0.1) is 0 Å². The number of hydrogen-bond donors (Lipinski definition) is 1. The molecule has 1 amide bonds. The third kappa shape index (κ3) is 3.68. The summed E-state index contributed by atoms with van der Waals surface area (Å²) in [5.41, 5.74) is -1.04. The van der Waals surface area contributed by atoms with Gasteiger partial charge >= 0.3 is 0 Å². The quantitative estimate of drug-likeness (QED) is 0.713. The van der Waals surface area contributed by atoms with Crippen molar-refractivity contribution in [2.24, 2.45) is 0 Å². The Balaban J connectivity index is 4.63. The molecule has 14 heavy (non-hydrogen) atoms. The van der Waals surface area contributed by atoms with Crippen LogP contribution in [0.5, 0.6) is 0 Å². The molecule has 0 aromatic carbocycles. The van der Waals surface area contributed by atoms with Crippen molar-refractivity contribution in [1.82, 2.24) is 5.32 Å². The Morgan fingerprint density at radius 1 is 1.21 bits per heavy atom. The standard InChI is InChI=1S/C10H17NO3/c1-5-9(14)11-10(4,8(3)13)6-7(2)12/h5-6H2,1-4H3,(H,11,14)/t10-/m0/s1. The molecule has 0 aliphatic heterocycles. The Morgan fingerprint density at radius 3 is 2.00 bits per heavy atom. The van der Waals surface area contributed by atoms with E-state index in [1.807, 2.05) is 0 Å². The monoisotopic (exact) mass is 199 g/mol. The van der Waals surface area contributed by atoms with Crippen LogP contribution in [0.2, 0.25) is 0 Å². The molecule has 4 heteroatoms. The first-order valence-electron chi connectivity index (χ1n) is 4.63. The highest BCUT2D eigenvalue weighted by Gasteiger charge is 2.32. The second-order valence-corrected chi connectivity index (χ2v) is 3.67. The van der Waals surface area contributed by atoms with Gasteiger partial charge in [-0.1, -0.05) is 6.92 Å². The molecule has 0 radical (unpaired) electrons. The summed E-state index contributed by atoms with van der Waals surface area (Å²) in [5, 5.41) is 2.56. The van der Waals surface area contributed by atoms with Crippen molar-refractivity contribution in [2.45, 2.75) is 46.1 Å². The fourth-order valence-electron chi connectivity index (χ4n) is 1.15. The highest BCUT2D eigenvalue weighted by atomic mass is 16.2. The molecule has 0 heterocycles. The van der Waals surface area contributed by atoms with Crippen molar-refractivity contribution in [2.75, 3.05) is 0 Å². The van der Waals surface area contributed by atoms with E-state index in [1.54, 1.807) is 13.8 Å². The van der Waals surface area contributed by atoms with E-state index in [2.05, 4.69) is 5.32 Å². The maximum absolute atomic E-state index is 11.3. The number of ketones is 2. The number of nitrogens with one attached hydrogen (secondary N) is 1. The molecule has 0 rings (SSSR count). The molecule has 0 saturated heterocycles. The molecule has 4 nitrogen and oxygen atoms in total. The summed E-state index contributed by atoms with van der Waals surface area (Å²) in [6.07, 6.45) is 0.356. The average molecular weight is 199 g/mol. The Labute approximate surface area is 84.1 Å². The van der Waals surface area contributed by atoms with E-state index in [4.69, 9.17) is 0 Å². The largest absolute Gasteiger partial charge is 0.343 e. The lowest BCUT2D eigenvalue weighted by Crippen LogP contribution is -2.52. The minimum absolute atomic E-state index is 0.0497. The molecule has 80 valence electrons. The Bertz CT molecular complexity index is 260. The van der Waals surface area contributed by atoms with E-state index < -0.39 is 5.54 Å². The van der Waals surface area contributed by atoms with Gasteiger partial charge in [-0.2, -0.15) is 0 Å². The van der Waals surface area contributed by atoms with Gasteiger partial charge in [-0.3, -0.25) is 14.4 Å². The van der Waals surface area contributed by atoms with E-state index in [0.717, 1.165) is 0 Å². The topological polar surface area (TPSA) is 63.2 Å². The van der Waals surface area contributed by atoms with Gasteiger partial charge in [-0.05, 0) is 20.8 Å². The predicted molar refractivity (Wildman–Crippen MR) is 52.8 cm³/mol. The molecule has 0 unspecified atom stereocenters. The zero-order valence-corrected chi connectivity index (χ0v) is 9.14. The molecule has 1 N–H and O–H groups in total. The molecule has 0 saturated carbocycles. The van der Waals surface area contributed by atoms with Gasteiger partial charge < -0.3 is 5.32 Å². The van der Waals surface area contributed by atoms with Crippen molar-refractivity contribution < 1.29 is 14.4 Å². The first-order chi connectivity index (χ1) is 6.31. The molecule has 0 aromatic rings. The van der Waals surface area contributed by atoms with Crippen LogP contribution >= 0.6 is 0 Å². The maximum Gasteiger partial charge on any atom is 0.220 e. The number of carbonyl (C=O) groups is 3. The molecule has 0 fully saturated rings. The van der Waals surface area contributed by atoms with Crippen LogP contribution in [0.3, 0.4) is 0 Å². The summed E-state index contributed by atoms with van der Waals surface area (Å²) in [6.45, 7) is 6.05. The van der Waals surface area contributed by atoms with E-state index in [-0.39, 0.29) is 23.9 Å². The summed E-state index contributed by atoms with van der Waals surface area (Å²) in [4.78, 5) is 33.4. The summed E-state index contributed by atoms with van der Waals surface area (Å²) in [6, 6.07) is 0. The minimum Gasteiger partial charge on any atom is -0.343 e. The van der Waals surface area contributed by atoms with Gasteiger partial charge in [0.15, 0.2) is 5.78 Å². The maximum atomic E-state index is 11.3. The zero-order chi connectivity index (χ0) is 11.4. The van der Waals surface area contributed by atoms with Crippen molar-refractivity contribution in [3.63, 3.8) is 0 Å². The first-order valence-corrected chi connectivity index (χ1v) is 4.63. The number of amides is 1. The van der Waals surface area contributed by atoms with E-state index in [0.29, 0.717) is 6.42 Å². The number of Topliss-reactive ketones (excluding diaryl/α,β-unsaturated/α-hetero) is 2. The van der Waals surface area contributed by atoms with Crippen molar-refractivity contribution in [3.05, 3.63) is 0 Å². The van der Waals surface area contributed by atoms with Crippen LogP contribution in [0.15, 0.2) is 0 Å². The smallest absolute Gasteiger partial charge is 0.220 e. The fourth-order valence-corrected chi connectivity index (χ4v) is 1.15. The first kappa shape index (κ1) is 12.8. The van der Waals surface area contributed by atoms with E-state index in [1.165, 1.54) is 13.8 Å². The lowest BCUT2D eigenvalue weighted by molar-refractivity contribution is -0.132. The number of hydrogen-bond acceptors (Lipinski definition) is 3. The molecule has 0 aliphatic rings. The summed E-state index contributed by atoms with van der Waals surface area (Å²) in [7, 11) is 0. The van der Waals surface area contributed by atoms with Gasteiger partial charge in [0.25, 0.3) is 0 Å². The fraction of sp³-hybridized carbons (Fsp3) is 0.700. The molecular formula is C10H17NO3. The zero-order valence-electron chi connectivity index (χ0n) is 9.14. The Morgan fingerprint density at radius 2 is 1.71 bits per heavy atom. The van der Waals surface area contributed by atoms with Crippen LogP contribution in [0, 0.1) is 0 Å². The second kappa shape index (κ2) is 4.88. The minimum atomic E-state index is -1.04. The highest BCUT2D eigenvalue weighted by molar-refractivity contribution is 5.95. The van der Waals surface area contributed by atoms with Crippen LogP contribution in [-0.2, 0) is 14.4 Å². The van der Waals surface area contributed by atoms with Crippen LogP contribution in [0.4, 0.5) is 0 Å². The third-order valence-corrected chi connectivity index (χ3v) is 2.12. The normalized spacial score (nSPS) is 14.3. The van der Waals surface area contributed by atoms with Gasteiger partial charge in [0.1, 0.15) is 11.3 Å². The van der Waals surface area contributed by atoms with Gasteiger partial charge in [0.2, 0.25) is 5.91 Å². The average Bonchev–Trinajstić information content (AvgIpc) is 2.02. The van der Waals surface area contributed by atoms with E-state index in [9.17, 15) is 14.4 Å².